The Kier molecular flexibility index (Phi) is 3.57. The van der Waals surface area contributed by atoms with Crippen molar-refractivity contribution in [3.05, 3.63) is 54.5 Å². The van der Waals surface area contributed by atoms with E-state index in [0.29, 0.717) is 18.0 Å². The molecule has 0 atom stereocenters. The molecule has 0 unspecified atom stereocenters. The summed E-state index contributed by atoms with van der Waals surface area (Å²) in [6.07, 6.45) is 11.3. The Morgan fingerprint density at radius 3 is 2.96 bits per heavy atom. The summed E-state index contributed by atoms with van der Waals surface area (Å²) in [5.41, 5.74) is 0.433. The summed E-state index contributed by atoms with van der Waals surface area (Å²) < 4.78 is 7.21. The number of hydrogen-bond acceptors (Lipinski definition) is 4. The molecule has 1 amide bonds. The van der Waals surface area contributed by atoms with Crippen molar-refractivity contribution in [1.29, 1.82) is 0 Å². The van der Waals surface area contributed by atoms with Crippen LogP contribution in [0.2, 0.25) is 0 Å². The Labute approximate surface area is 133 Å². The van der Waals surface area contributed by atoms with Gasteiger partial charge in [0.05, 0.1) is 12.8 Å². The van der Waals surface area contributed by atoms with Crippen LogP contribution in [-0.4, -0.2) is 31.2 Å². The minimum Gasteiger partial charge on any atom is -0.467 e. The molecule has 3 aromatic rings. The Morgan fingerprint density at radius 2 is 2.22 bits per heavy atom. The summed E-state index contributed by atoms with van der Waals surface area (Å²) >= 11 is 0. The molecule has 0 spiro atoms. The minimum atomic E-state index is -0.0567. The third-order valence-corrected chi connectivity index (χ3v) is 4.39. The smallest absolute Gasteiger partial charge is 0.274 e. The van der Waals surface area contributed by atoms with Crippen molar-refractivity contribution in [2.45, 2.75) is 38.3 Å². The first kappa shape index (κ1) is 14.0. The van der Waals surface area contributed by atoms with Gasteiger partial charge in [0.25, 0.3) is 5.91 Å². The van der Waals surface area contributed by atoms with Crippen molar-refractivity contribution in [2.24, 2.45) is 0 Å². The lowest BCUT2D eigenvalue weighted by molar-refractivity contribution is 0.0643. The van der Waals surface area contributed by atoms with Crippen LogP contribution in [0.5, 0.6) is 0 Å². The van der Waals surface area contributed by atoms with E-state index in [4.69, 9.17) is 4.42 Å². The molecule has 0 aromatic carbocycles. The van der Waals surface area contributed by atoms with Gasteiger partial charge >= 0.3 is 0 Å². The summed E-state index contributed by atoms with van der Waals surface area (Å²) in [5, 5.41) is 0. The minimum absolute atomic E-state index is 0.0567. The summed E-state index contributed by atoms with van der Waals surface area (Å²) in [6, 6.07) is 5.83. The lowest BCUT2D eigenvalue weighted by atomic mass is 10.2. The molecule has 0 radical (unpaired) electrons. The second-order valence-corrected chi connectivity index (χ2v) is 5.90. The third kappa shape index (κ3) is 2.72. The molecule has 6 nitrogen and oxygen atoms in total. The van der Waals surface area contributed by atoms with E-state index in [2.05, 4.69) is 9.97 Å². The van der Waals surface area contributed by atoms with Gasteiger partial charge in [0.2, 0.25) is 5.78 Å². The number of hydrogen-bond donors (Lipinski definition) is 0. The van der Waals surface area contributed by atoms with Gasteiger partial charge in [0, 0.05) is 24.6 Å². The number of furan rings is 1. The van der Waals surface area contributed by atoms with Crippen LogP contribution in [0.15, 0.2) is 47.5 Å². The SMILES string of the molecule is O=C(c1cn2cccnc2n1)N(Cc1ccco1)C1CCCC1. The first-order valence-corrected chi connectivity index (χ1v) is 7.94. The number of carbonyl (C=O) groups is 1. The van der Waals surface area contributed by atoms with Crippen LogP contribution < -0.4 is 0 Å². The maximum absolute atomic E-state index is 13.0. The summed E-state index contributed by atoms with van der Waals surface area (Å²) in [7, 11) is 0. The Balaban J connectivity index is 1.65. The molecule has 23 heavy (non-hydrogen) atoms. The van der Waals surface area contributed by atoms with Crippen molar-refractivity contribution in [2.75, 3.05) is 0 Å². The van der Waals surface area contributed by atoms with Crippen LogP contribution >= 0.6 is 0 Å². The zero-order valence-electron chi connectivity index (χ0n) is 12.8. The maximum atomic E-state index is 13.0. The molecule has 0 bridgehead atoms. The lowest BCUT2D eigenvalue weighted by Gasteiger charge is -2.27. The van der Waals surface area contributed by atoms with Crippen molar-refractivity contribution in [1.82, 2.24) is 19.3 Å². The van der Waals surface area contributed by atoms with Gasteiger partial charge in [-0.1, -0.05) is 12.8 Å². The second-order valence-electron chi connectivity index (χ2n) is 5.90. The Hall–Kier alpha value is -2.63. The second kappa shape index (κ2) is 5.87. The molecule has 118 valence electrons. The van der Waals surface area contributed by atoms with Gasteiger partial charge in [0.1, 0.15) is 11.5 Å². The highest BCUT2D eigenvalue weighted by atomic mass is 16.3. The van der Waals surface area contributed by atoms with Gasteiger partial charge in [-0.15, -0.1) is 0 Å². The molecule has 1 saturated carbocycles. The van der Waals surface area contributed by atoms with E-state index < -0.39 is 0 Å². The molecule has 0 aliphatic heterocycles. The third-order valence-electron chi connectivity index (χ3n) is 4.39. The zero-order valence-corrected chi connectivity index (χ0v) is 12.8. The first-order chi connectivity index (χ1) is 11.3. The molecule has 4 rings (SSSR count). The normalized spacial score (nSPS) is 15.3. The van der Waals surface area contributed by atoms with E-state index in [0.717, 1.165) is 18.6 Å². The van der Waals surface area contributed by atoms with E-state index >= 15 is 0 Å². The van der Waals surface area contributed by atoms with Crippen molar-refractivity contribution >= 4 is 11.7 Å². The van der Waals surface area contributed by atoms with Gasteiger partial charge in [-0.25, -0.2) is 9.97 Å². The van der Waals surface area contributed by atoms with Gasteiger partial charge in [0.15, 0.2) is 0 Å². The average molecular weight is 310 g/mol. The van der Waals surface area contributed by atoms with Crippen LogP contribution in [0.25, 0.3) is 5.78 Å². The van der Waals surface area contributed by atoms with Crippen LogP contribution in [0.4, 0.5) is 0 Å². The van der Waals surface area contributed by atoms with E-state index in [1.54, 1.807) is 23.1 Å². The fraction of sp³-hybridized carbons (Fsp3) is 0.353. The van der Waals surface area contributed by atoms with Crippen LogP contribution in [-0.2, 0) is 6.54 Å². The molecule has 1 fully saturated rings. The van der Waals surface area contributed by atoms with E-state index in [9.17, 15) is 4.79 Å². The summed E-state index contributed by atoms with van der Waals surface area (Å²) in [5.74, 6) is 1.28. The molecule has 3 aromatic heterocycles. The largest absolute Gasteiger partial charge is 0.467 e. The molecule has 1 aliphatic rings. The molecular weight excluding hydrogens is 292 g/mol. The lowest BCUT2D eigenvalue weighted by Crippen LogP contribution is -2.38. The van der Waals surface area contributed by atoms with Crippen molar-refractivity contribution in [3.63, 3.8) is 0 Å². The van der Waals surface area contributed by atoms with Crippen LogP contribution in [0.3, 0.4) is 0 Å². The molecule has 0 N–H and O–H groups in total. The highest BCUT2D eigenvalue weighted by molar-refractivity contribution is 5.93. The van der Waals surface area contributed by atoms with E-state index in [1.165, 1.54) is 12.8 Å². The van der Waals surface area contributed by atoms with Gasteiger partial charge < -0.3 is 9.32 Å². The monoisotopic (exact) mass is 310 g/mol. The number of aromatic nitrogens is 3. The number of nitrogens with zero attached hydrogens (tertiary/aromatic N) is 4. The fourth-order valence-corrected chi connectivity index (χ4v) is 3.23. The molecule has 0 saturated heterocycles. The highest BCUT2D eigenvalue weighted by Gasteiger charge is 2.29. The quantitative estimate of drug-likeness (QED) is 0.743. The van der Waals surface area contributed by atoms with E-state index in [-0.39, 0.29) is 11.9 Å². The molecule has 3 heterocycles. The fourth-order valence-electron chi connectivity index (χ4n) is 3.23. The number of fused-ring (bicyclic) bond motifs is 1. The van der Waals surface area contributed by atoms with Crippen molar-refractivity contribution < 1.29 is 9.21 Å². The molecular formula is C17H18N4O2. The number of amides is 1. The number of rotatable bonds is 4. The highest BCUT2D eigenvalue weighted by Crippen LogP contribution is 2.26. The maximum Gasteiger partial charge on any atom is 0.274 e. The van der Waals surface area contributed by atoms with Gasteiger partial charge in [-0.2, -0.15) is 0 Å². The van der Waals surface area contributed by atoms with Crippen LogP contribution in [0, 0.1) is 0 Å². The standard InChI is InChI=1S/C17H18N4O2/c22-16(15-12-20-9-4-8-18-17(20)19-15)21(13-5-1-2-6-13)11-14-7-3-10-23-14/h3-4,7-10,12-13H,1-2,5-6,11H2. The average Bonchev–Trinajstić information content (AvgIpc) is 3.32. The zero-order chi connectivity index (χ0) is 15.6. The Morgan fingerprint density at radius 1 is 1.35 bits per heavy atom. The Bertz CT molecular complexity index is 770. The molecule has 6 heteroatoms. The predicted molar refractivity (Wildman–Crippen MR) is 83.8 cm³/mol. The number of carbonyl (C=O) groups excluding carboxylic acids is 1. The summed E-state index contributed by atoms with van der Waals surface area (Å²) in [6.45, 7) is 0.484. The molecule has 1 aliphatic carbocycles. The van der Waals surface area contributed by atoms with Crippen LogP contribution in [0.1, 0.15) is 41.9 Å². The first-order valence-electron chi connectivity index (χ1n) is 7.94. The van der Waals surface area contributed by atoms with Gasteiger partial charge in [-0.05, 0) is 31.0 Å². The topological polar surface area (TPSA) is 63.6 Å². The van der Waals surface area contributed by atoms with Gasteiger partial charge in [-0.3, -0.25) is 9.20 Å². The van der Waals surface area contributed by atoms with Crippen molar-refractivity contribution in [3.8, 4) is 0 Å². The summed E-state index contributed by atoms with van der Waals surface area (Å²) in [4.78, 5) is 23.4. The predicted octanol–water partition coefficient (Wildman–Crippen LogP) is 2.91. The van der Waals surface area contributed by atoms with E-state index in [1.807, 2.05) is 29.3 Å². The number of imidazole rings is 1.